The standard InChI is InChI=1S/C12H19N3O3/c1-14-4-2-3-10(6-14)9-18-11-5-13-15(7-11)8-12(16)17/h5,7,10H,2-4,6,8-9H2,1H3,(H,16,17). The van der Waals surface area contributed by atoms with Crippen LogP contribution in [0.2, 0.25) is 0 Å². The van der Waals surface area contributed by atoms with Gasteiger partial charge in [0.25, 0.3) is 0 Å². The second-order valence-electron chi connectivity index (χ2n) is 4.85. The lowest BCUT2D eigenvalue weighted by atomic mass is 10.00. The molecule has 1 aliphatic heterocycles. The minimum Gasteiger partial charge on any atom is -0.490 e. The maximum absolute atomic E-state index is 10.5. The van der Waals surface area contributed by atoms with Gasteiger partial charge in [-0.3, -0.25) is 9.48 Å². The molecule has 0 aliphatic carbocycles. The number of aliphatic carboxylic acids is 1. The molecule has 0 amide bonds. The number of hydrogen-bond donors (Lipinski definition) is 1. The molecule has 1 aromatic rings. The molecular weight excluding hydrogens is 234 g/mol. The number of carbonyl (C=O) groups is 1. The Balaban J connectivity index is 1.79. The van der Waals surface area contributed by atoms with Gasteiger partial charge in [0.1, 0.15) is 6.54 Å². The number of likely N-dealkylation sites (tertiary alicyclic amines) is 1. The van der Waals surface area contributed by atoms with Gasteiger partial charge in [0.15, 0.2) is 5.75 Å². The molecule has 6 heteroatoms. The van der Waals surface area contributed by atoms with Crippen molar-refractivity contribution < 1.29 is 14.6 Å². The Morgan fingerprint density at radius 3 is 3.22 bits per heavy atom. The van der Waals surface area contributed by atoms with E-state index in [0.29, 0.717) is 18.3 Å². The van der Waals surface area contributed by atoms with E-state index in [1.165, 1.54) is 17.5 Å². The van der Waals surface area contributed by atoms with Crippen molar-refractivity contribution in [2.45, 2.75) is 19.4 Å². The van der Waals surface area contributed by atoms with Gasteiger partial charge >= 0.3 is 5.97 Å². The van der Waals surface area contributed by atoms with Crippen LogP contribution in [0.1, 0.15) is 12.8 Å². The van der Waals surface area contributed by atoms with Gasteiger partial charge in [-0.25, -0.2) is 0 Å². The Labute approximate surface area is 106 Å². The number of hydrogen-bond acceptors (Lipinski definition) is 4. The van der Waals surface area contributed by atoms with Crippen LogP contribution in [-0.4, -0.2) is 52.5 Å². The van der Waals surface area contributed by atoms with Crippen LogP contribution in [0.15, 0.2) is 12.4 Å². The number of piperidine rings is 1. The maximum atomic E-state index is 10.5. The first-order chi connectivity index (χ1) is 8.63. The summed E-state index contributed by atoms with van der Waals surface area (Å²) in [6, 6.07) is 0. The van der Waals surface area contributed by atoms with Gasteiger partial charge in [0, 0.05) is 12.5 Å². The zero-order chi connectivity index (χ0) is 13.0. The third-order valence-electron chi connectivity index (χ3n) is 3.11. The van der Waals surface area contributed by atoms with Crippen molar-refractivity contribution in [3.05, 3.63) is 12.4 Å². The predicted octanol–water partition coefficient (Wildman–Crippen LogP) is 0.688. The average Bonchev–Trinajstić information content (AvgIpc) is 2.73. The monoisotopic (exact) mass is 253 g/mol. The second-order valence-corrected chi connectivity index (χ2v) is 4.85. The van der Waals surface area contributed by atoms with Gasteiger partial charge in [0.05, 0.1) is 19.0 Å². The SMILES string of the molecule is CN1CCCC(COc2cnn(CC(=O)O)c2)C1. The lowest BCUT2D eigenvalue weighted by Crippen LogP contribution is -2.34. The highest BCUT2D eigenvalue weighted by molar-refractivity contribution is 5.66. The molecule has 1 N–H and O–H groups in total. The van der Waals surface area contributed by atoms with Crippen LogP contribution in [0, 0.1) is 5.92 Å². The van der Waals surface area contributed by atoms with Crippen LogP contribution in [0.25, 0.3) is 0 Å². The second kappa shape index (κ2) is 5.86. The largest absolute Gasteiger partial charge is 0.490 e. The molecule has 18 heavy (non-hydrogen) atoms. The molecule has 1 aromatic heterocycles. The number of nitrogens with zero attached hydrogens (tertiary/aromatic N) is 3. The molecule has 1 saturated heterocycles. The van der Waals surface area contributed by atoms with Gasteiger partial charge in [-0.15, -0.1) is 0 Å². The molecule has 1 aliphatic rings. The highest BCUT2D eigenvalue weighted by Crippen LogP contribution is 2.17. The fourth-order valence-corrected chi connectivity index (χ4v) is 2.27. The van der Waals surface area contributed by atoms with E-state index < -0.39 is 5.97 Å². The zero-order valence-electron chi connectivity index (χ0n) is 10.6. The topological polar surface area (TPSA) is 67.6 Å². The maximum Gasteiger partial charge on any atom is 0.325 e. The first kappa shape index (κ1) is 12.9. The quantitative estimate of drug-likeness (QED) is 0.836. The number of aromatic nitrogens is 2. The molecule has 1 atom stereocenters. The third kappa shape index (κ3) is 3.73. The molecule has 0 saturated carbocycles. The first-order valence-corrected chi connectivity index (χ1v) is 6.19. The van der Waals surface area contributed by atoms with E-state index in [-0.39, 0.29) is 6.54 Å². The lowest BCUT2D eigenvalue weighted by Gasteiger charge is -2.29. The molecular formula is C12H19N3O3. The Kier molecular flexibility index (Phi) is 4.19. The highest BCUT2D eigenvalue weighted by atomic mass is 16.5. The highest BCUT2D eigenvalue weighted by Gasteiger charge is 2.17. The summed E-state index contributed by atoms with van der Waals surface area (Å²) in [7, 11) is 2.12. The molecule has 100 valence electrons. The van der Waals surface area contributed by atoms with Crippen LogP contribution < -0.4 is 4.74 Å². The smallest absolute Gasteiger partial charge is 0.325 e. The summed E-state index contributed by atoms with van der Waals surface area (Å²) in [5.74, 6) is 0.287. The number of ether oxygens (including phenoxy) is 1. The zero-order valence-corrected chi connectivity index (χ0v) is 10.6. The summed E-state index contributed by atoms with van der Waals surface area (Å²) in [5, 5.41) is 12.6. The Morgan fingerprint density at radius 1 is 1.67 bits per heavy atom. The number of carboxylic acids is 1. The normalized spacial score (nSPS) is 20.8. The third-order valence-corrected chi connectivity index (χ3v) is 3.11. The van der Waals surface area contributed by atoms with E-state index in [4.69, 9.17) is 9.84 Å². The van der Waals surface area contributed by atoms with Crippen molar-refractivity contribution in [2.75, 3.05) is 26.7 Å². The van der Waals surface area contributed by atoms with Crippen molar-refractivity contribution in [3.63, 3.8) is 0 Å². The number of carboxylic acid groups (broad SMARTS) is 1. The fraction of sp³-hybridized carbons (Fsp3) is 0.667. The summed E-state index contributed by atoms with van der Waals surface area (Å²) in [5.41, 5.74) is 0. The van der Waals surface area contributed by atoms with Crippen molar-refractivity contribution in [3.8, 4) is 5.75 Å². The molecule has 1 fully saturated rings. The Bertz CT molecular complexity index is 405. The van der Waals surface area contributed by atoms with Gasteiger partial charge in [0.2, 0.25) is 0 Å². The molecule has 6 nitrogen and oxygen atoms in total. The van der Waals surface area contributed by atoms with Crippen LogP contribution in [0.5, 0.6) is 5.75 Å². The molecule has 0 aromatic carbocycles. The van der Waals surface area contributed by atoms with Gasteiger partial charge in [-0.1, -0.05) is 0 Å². The molecule has 1 unspecified atom stereocenters. The van der Waals surface area contributed by atoms with E-state index >= 15 is 0 Å². The molecule has 0 radical (unpaired) electrons. The Hall–Kier alpha value is -1.56. The predicted molar refractivity (Wildman–Crippen MR) is 65.6 cm³/mol. The van der Waals surface area contributed by atoms with E-state index in [2.05, 4.69) is 17.0 Å². The van der Waals surface area contributed by atoms with E-state index in [1.54, 1.807) is 12.4 Å². The van der Waals surface area contributed by atoms with Crippen molar-refractivity contribution in [1.29, 1.82) is 0 Å². The fourth-order valence-electron chi connectivity index (χ4n) is 2.27. The minimum atomic E-state index is -0.904. The van der Waals surface area contributed by atoms with Gasteiger partial charge in [-0.2, -0.15) is 5.10 Å². The molecule has 0 spiro atoms. The average molecular weight is 253 g/mol. The summed E-state index contributed by atoms with van der Waals surface area (Å²) in [6.45, 7) is 2.76. The van der Waals surface area contributed by atoms with E-state index in [9.17, 15) is 4.79 Å². The van der Waals surface area contributed by atoms with E-state index in [1.807, 2.05) is 0 Å². The Morgan fingerprint density at radius 2 is 2.50 bits per heavy atom. The molecule has 2 heterocycles. The molecule has 0 bridgehead atoms. The minimum absolute atomic E-state index is 0.129. The lowest BCUT2D eigenvalue weighted by molar-refractivity contribution is -0.137. The number of rotatable bonds is 5. The first-order valence-electron chi connectivity index (χ1n) is 6.19. The summed E-state index contributed by atoms with van der Waals surface area (Å²) in [4.78, 5) is 12.8. The van der Waals surface area contributed by atoms with Crippen LogP contribution in [0.4, 0.5) is 0 Å². The van der Waals surface area contributed by atoms with Crippen molar-refractivity contribution >= 4 is 5.97 Å². The van der Waals surface area contributed by atoms with Gasteiger partial charge < -0.3 is 14.7 Å². The van der Waals surface area contributed by atoms with Crippen LogP contribution in [0.3, 0.4) is 0 Å². The van der Waals surface area contributed by atoms with Crippen molar-refractivity contribution in [1.82, 2.24) is 14.7 Å². The summed E-state index contributed by atoms with van der Waals surface area (Å²) < 4.78 is 7.02. The van der Waals surface area contributed by atoms with E-state index in [0.717, 1.165) is 13.1 Å². The summed E-state index contributed by atoms with van der Waals surface area (Å²) in [6.07, 6.45) is 5.59. The van der Waals surface area contributed by atoms with Crippen LogP contribution >= 0.6 is 0 Å². The molecule has 2 rings (SSSR count). The van der Waals surface area contributed by atoms with Crippen molar-refractivity contribution in [2.24, 2.45) is 5.92 Å². The summed E-state index contributed by atoms with van der Waals surface area (Å²) >= 11 is 0. The van der Waals surface area contributed by atoms with Gasteiger partial charge in [-0.05, 0) is 26.4 Å². The van der Waals surface area contributed by atoms with Crippen LogP contribution in [-0.2, 0) is 11.3 Å².